The van der Waals surface area contributed by atoms with E-state index in [2.05, 4.69) is 5.32 Å². The van der Waals surface area contributed by atoms with Gasteiger partial charge in [-0.1, -0.05) is 80.6 Å². The van der Waals surface area contributed by atoms with Crippen LogP contribution in [0.3, 0.4) is 0 Å². The second-order valence-electron chi connectivity index (χ2n) is 17.9. The number of carbonyl (C=O) groups excluding carboxylic acids is 7. The molecule has 1 saturated heterocycles. The smallest absolute Gasteiger partial charge is 0.338 e. The maximum absolute atomic E-state index is 15.8. The minimum Gasteiger partial charge on any atom is -0.461 e. The molecule has 1 aliphatic heterocycles. The number of aliphatic hydroxyl groups is 2. The van der Waals surface area contributed by atoms with Crippen LogP contribution in [0.2, 0.25) is 0 Å². The van der Waals surface area contributed by atoms with E-state index in [4.69, 9.17) is 28.4 Å². The molecule has 3 aromatic rings. The molecule has 0 radical (unpaired) electrons. The summed E-state index contributed by atoms with van der Waals surface area (Å²) in [6.07, 6.45) is -10.5. The first-order valence-electron chi connectivity index (χ1n) is 21.4. The highest BCUT2D eigenvalue weighted by Crippen LogP contribution is 2.65. The Morgan fingerprint density at radius 3 is 1.88 bits per heavy atom. The van der Waals surface area contributed by atoms with E-state index in [0.717, 1.165) is 20.8 Å². The Kier molecular flexibility index (Phi) is 12.7. The molecule has 16 nitrogen and oxygen atoms in total. The molecule has 3 fully saturated rings. The van der Waals surface area contributed by atoms with Gasteiger partial charge in [-0.3, -0.25) is 24.0 Å². The zero-order valence-electron chi connectivity index (χ0n) is 37.1. The number of ketones is 1. The van der Waals surface area contributed by atoms with E-state index in [-0.39, 0.29) is 35.3 Å². The first-order chi connectivity index (χ1) is 30.7. The monoisotopic (exact) mass is 895 g/mol. The molecule has 3 aliphatic carbocycles. The van der Waals surface area contributed by atoms with E-state index in [9.17, 15) is 39.0 Å². The fourth-order valence-electron chi connectivity index (χ4n) is 10.5. The van der Waals surface area contributed by atoms with Crippen LogP contribution in [-0.4, -0.2) is 106 Å². The summed E-state index contributed by atoms with van der Waals surface area (Å²) in [6.45, 7) is 9.08. The van der Waals surface area contributed by atoms with Gasteiger partial charge in [-0.05, 0) is 54.8 Å². The van der Waals surface area contributed by atoms with Crippen LogP contribution in [0, 0.1) is 16.7 Å². The van der Waals surface area contributed by atoms with Crippen LogP contribution in [0.4, 0.5) is 0 Å². The predicted molar refractivity (Wildman–Crippen MR) is 227 cm³/mol. The number of ether oxygens (including phenoxy) is 6. The molecule has 11 atom stereocenters. The first-order valence-corrected chi connectivity index (χ1v) is 21.4. The number of benzene rings is 3. The van der Waals surface area contributed by atoms with E-state index in [1.165, 1.54) is 26.0 Å². The Bertz CT molecular complexity index is 2400. The zero-order chi connectivity index (χ0) is 47.2. The number of amides is 1. The van der Waals surface area contributed by atoms with Gasteiger partial charge in [-0.15, -0.1) is 0 Å². The maximum Gasteiger partial charge on any atom is 0.338 e. The van der Waals surface area contributed by atoms with Gasteiger partial charge in [0, 0.05) is 44.6 Å². The van der Waals surface area contributed by atoms with Crippen molar-refractivity contribution in [3.05, 3.63) is 119 Å². The third kappa shape index (κ3) is 8.12. The van der Waals surface area contributed by atoms with E-state index in [1.54, 1.807) is 92.7 Å². The lowest BCUT2D eigenvalue weighted by atomic mass is 9.44. The van der Waals surface area contributed by atoms with Crippen molar-refractivity contribution in [3.8, 4) is 0 Å². The molecule has 3 N–H and O–H groups in total. The van der Waals surface area contributed by atoms with Crippen molar-refractivity contribution in [2.45, 2.75) is 115 Å². The molecular formula is C49H53NO15. The predicted octanol–water partition coefficient (Wildman–Crippen LogP) is 4.31. The topological polar surface area (TPSA) is 227 Å². The number of hydrogen-bond donors (Lipinski definition) is 3. The average Bonchev–Trinajstić information content (AvgIpc) is 3.26. The van der Waals surface area contributed by atoms with Gasteiger partial charge in [0.1, 0.15) is 30.0 Å². The Morgan fingerprint density at radius 2 is 1.34 bits per heavy atom. The molecule has 16 heteroatoms. The number of fused-ring (bicyclic) bond motifs is 5. The van der Waals surface area contributed by atoms with Crippen LogP contribution in [0.25, 0.3) is 0 Å². The SMILES string of the molecule is CC(=O)O[C@H]1C(=O)[C@]2(C)[C@@H](OC(C)=O)CC3OC[C@@]3(OC(C)=O)[C@H]2[C@H](OC(=O)c2ccccc2)[C@]2(O)C[C@H](OC(=O)[C@H](O)[C@@H](NC(=O)c3ccccc3)c3ccccc3)C(C)=C1C2(C)C. The largest absolute Gasteiger partial charge is 0.461 e. The van der Waals surface area contributed by atoms with E-state index < -0.39 is 119 Å². The van der Waals surface area contributed by atoms with Crippen molar-refractivity contribution >= 4 is 41.5 Å². The molecular weight excluding hydrogens is 843 g/mol. The summed E-state index contributed by atoms with van der Waals surface area (Å²) in [5, 5.41) is 28.4. The van der Waals surface area contributed by atoms with Gasteiger partial charge in [-0.25, -0.2) is 9.59 Å². The second kappa shape index (κ2) is 17.6. The summed E-state index contributed by atoms with van der Waals surface area (Å²) < 4.78 is 36.5. The lowest BCUT2D eigenvalue weighted by molar-refractivity contribution is -0.346. The van der Waals surface area contributed by atoms with Crippen molar-refractivity contribution in [1.29, 1.82) is 0 Å². The quantitative estimate of drug-likeness (QED) is 0.139. The molecule has 2 bridgehead atoms. The van der Waals surface area contributed by atoms with Gasteiger partial charge in [0.2, 0.25) is 0 Å². The number of aliphatic hydroxyl groups excluding tert-OH is 1. The normalized spacial score (nSPS) is 30.8. The Balaban J connectivity index is 1.42. The molecule has 2 saturated carbocycles. The molecule has 65 heavy (non-hydrogen) atoms. The Morgan fingerprint density at radius 1 is 0.769 bits per heavy atom. The lowest BCUT2D eigenvalue weighted by Gasteiger charge is -2.67. The molecule has 1 amide bonds. The summed E-state index contributed by atoms with van der Waals surface area (Å²) in [7, 11) is 0. The second-order valence-corrected chi connectivity index (χ2v) is 17.9. The fourth-order valence-corrected chi connectivity index (χ4v) is 10.5. The highest BCUT2D eigenvalue weighted by molar-refractivity contribution is 5.96. The van der Waals surface area contributed by atoms with Crippen LogP contribution < -0.4 is 5.32 Å². The number of nitrogens with one attached hydrogen (secondary N) is 1. The highest BCUT2D eigenvalue weighted by atomic mass is 16.6. The summed E-state index contributed by atoms with van der Waals surface area (Å²) in [6, 6.07) is 22.8. The van der Waals surface area contributed by atoms with Crippen LogP contribution in [0.15, 0.2) is 102 Å². The van der Waals surface area contributed by atoms with Gasteiger partial charge < -0.3 is 44.0 Å². The summed E-state index contributed by atoms with van der Waals surface area (Å²) in [5.74, 6) is -7.75. The molecule has 7 rings (SSSR count). The van der Waals surface area contributed by atoms with Gasteiger partial charge >= 0.3 is 29.8 Å². The summed E-state index contributed by atoms with van der Waals surface area (Å²) in [5.41, 5.74) is -7.22. The third-order valence-electron chi connectivity index (χ3n) is 13.8. The minimum atomic E-state index is -2.43. The van der Waals surface area contributed by atoms with Gasteiger partial charge in [0.15, 0.2) is 23.6 Å². The van der Waals surface area contributed by atoms with Crippen LogP contribution >= 0.6 is 0 Å². The number of rotatable bonds is 11. The molecule has 1 heterocycles. The van der Waals surface area contributed by atoms with Crippen molar-refractivity contribution in [2.75, 3.05) is 6.61 Å². The van der Waals surface area contributed by atoms with Gasteiger partial charge in [0.25, 0.3) is 5.91 Å². The summed E-state index contributed by atoms with van der Waals surface area (Å²) in [4.78, 5) is 97.3. The van der Waals surface area contributed by atoms with Crippen LogP contribution in [-0.2, 0) is 52.4 Å². The van der Waals surface area contributed by atoms with Crippen molar-refractivity contribution in [1.82, 2.24) is 5.32 Å². The Hall–Kier alpha value is -6.23. The van der Waals surface area contributed by atoms with Crippen molar-refractivity contribution in [2.24, 2.45) is 16.7 Å². The number of Topliss-reactive ketones (excluding diaryl/α,β-unsaturated/α-hetero) is 1. The number of hydrogen-bond acceptors (Lipinski definition) is 15. The molecule has 0 spiro atoms. The molecule has 3 aromatic carbocycles. The maximum atomic E-state index is 15.8. The first kappa shape index (κ1) is 46.8. The summed E-state index contributed by atoms with van der Waals surface area (Å²) >= 11 is 0. The van der Waals surface area contributed by atoms with Crippen LogP contribution in [0.1, 0.15) is 93.6 Å². The molecule has 1 unspecified atom stereocenters. The van der Waals surface area contributed by atoms with Crippen molar-refractivity contribution in [3.63, 3.8) is 0 Å². The Labute approximate surface area is 375 Å². The third-order valence-corrected chi connectivity index (χ3v) is 13.8. The van der Waals surface area contributed by atoms with E-state index >= 15 is 4.79 Å². The van der Waals surface area contributed by atoms with Gasteiger partial charge in [0.05, 0.1) is 29.5 Å². The number of esters is 5. The fraction of sp³-hybridized carbons (Fsp3) is 0.449. The average molecular weight is 896 g/mol. The van der Waals surface area contributed by atoms with Gasteiger partial charge in [-0.2, -0.15) is 0 Å². The molecule has 0 aromatic heterocycles. The van der Waals surface area contributed by atoms with Crippen LogP contribution in [0.5, 0.6) is 0 Å². The highest BCUT2D eigenvalue weighted by Gasteiger charge is 2.79. The van der Waals surface area contributed by atoms with Crippen molar-refractivity contribution < 1.29 is 72.2 Å². The lowest BCUT2D eigenvalue weighted by Crippen LogP contribution is -2.82. The standard InChI is InChI=1S/C49H53NO15/c1-26-33(63-45(58)38(54)37(30-17-11-8-12-18-30)50-43(56)31-19-13-9-14-20-31)24-49(59)42(64-44(57)32-21-15-10-16-22-32)40-47(7,41(55)39(62-28(3)52)36(26)46(49,5)6)34(61-27(2)51)23-35-48(40,25-60-35)65-29(4)53/h8-22,33-35,37-40,42,54,59H,23-25H2,1-7H3,(H,50,56)/t33-,34-,35?,37-,38+,39+,40-,42-,47+,48-,49+/m0/s1. The van der Waals surface area contributed by atoms with E-state index in [1.807, 2.05) is 0 Å². The van der Waals surface area contributed by atoms with E-state index in [0.29, 0.717) is 5.56 Å². The molecule has 4 aliphatic rings. The minimum absolute atomic E-state index is 0.0220. The zero-order valence-corrected chi connectivity index (χ0v) is 37.1. The molecule has 344 valence electrons. The number of carbonyl (C=O) groups is 7.